The van der Waals surface area contributed by atoms with E-state index in [2.05, 4.69) is 10.3 Å². The number of aromatic nitrogens is 1. The lowest BCUT2D eigenvalue weighted by atomic mass is 10.0. The zero-order valence-electron chi connectivity index (χ0n) is 20.2. The molecule has 1 amide bonds. The average Bonchev–Trinajstić information content (AvgIpc) is 2.86. The Morgan fingerprint density at radius 3 is 2.38 bits per heavy atom. The molecule has 0 bridgehead atoms. The molecule has 12 heteroatoms. The van der Waals surface area contributed by atoms with Gasteiger partial charge in [-0.3, -0.25) is 4.79 Å². The molecule has 1 heterocycles. The normalized spacial score (nSPS) is 12.7. The minimum atomic E-state index is -4.55. The number of carboxylic acids is 1. The van der Waals surface area contributed by atoms with Gasteiger partial charge in [0.15, 0.2) is 9.84 Å². The Balaban J connectivity index is 1.57. The van der Waals surface area contributed by atoms with Gasteiger partial charge in [-0.15, -0.1) is 0 Å². The monoisotopic (exact) mass is 576 g/mol. The molecule has 0 radical (unpaired) electrons. The van der Waals surface area contributed by atoms with E-state index >= 15 is 0 Å². The number of pyridine rings is 1. The van der Waals surface area contributed by atoms with E-state index in [1.54, 1.807) is 24.3 Å². The summed E-state index contributed by atoms with van der Waals surface area (Å²) in [6.45, 7) is 0. The van der Waals surface area contributed by atoms with Gasteiger partial charge < -0.3 is 10.4 Å². The molecule has 0 spiro atoms. The third-order valence-electron chi connectivity index (χ3n) is 5.92. The summed E-state index contributed by atoms with van der Waals surface area (Å²) in [4.78, 5) is 28.9. The number of hydrogen-bond acceptors (Lipinski definition) is 5. The first-order valence-electron chi connectivity index (χ1n) is 11.3. The van der Waals surface area contributed by atoms with Gasteiger partial charge in [-0.05, 0) is 48.0 Å². The first-order chi connectivity index (χ1) is 18.2. The number of carbonyl (C=O) groups excluding carboxylic acids is 1. The molecule has 3 aromatic carbocycles. The summed E-state index contributed by atoms with van der Waals surface area (Å²) >= 11 is 6.07. The van der Waals surface area contributed by atoms with E-state index in [1.165, 1.54) is 36.4 Å². The highest BCUT2D eigenvalue weighted by Gasteiger charge is 2.33. The molecule has 0 fully saturated rings. The number of aliphatic carboxylic acids is 1. The molecule has 39 heavy (non-hydrogen) atoms. The molecule has 0 saturated carbocycles. The standard InChI is InChI=1S/C27H20ClF3N2O5S/c1-39(37,38)17-8-9-19(21(28)14-17)25(34)33-24(26(35)36)13-15-6-10-22-16(12-15)7-11-23(32-22)18-4-2-3-5-20(18)27(29,30)31/h2-12,14,24H,13H2,1H3,(H,33,34)(H,35,36)/t24-/m0/s1. The Kier molecular flexibility index (Phi) is 7.67. The van der Waals surface area contributed by atoms with Crippen molar-refractivity contribution in [2.75, 3.05) is 6.26 Å². The van der Waals surface area contributed by atoms with Crippen LogP contribution in [0, 0.1) is 0 Å². The van der Waals surface area contributed by atoms with Crippen molar-refractivity contribution in [1.82, 2.24) is 10.3 Å². The van der Waals surface area contributed by atoms with Crippen LogP contribution in [-0.4, -0.2) is 42.7 Å². The lowest BCUT2D eigenvalue weighted by molar-refractivity contribution is -0.139. The Morgan fingerprint density at radius 2 is 1.74 bits per heavy atom. The van der Waals surface area contributed by atoms with E-state index in [0.29, 0.717) is 16.5 Å². The van der Waals surface area contributed by atoms with E-state index < -0.39 is 39.5 Å². The Bertz CT molecular complexity index is 1710. The van der Waals surface area contributed by atoms with Gasteiger partial charge in [-0.1, -0.05) is 41.9 Å². The smallest absolute Gasteiger partial charge is 0.417 e. The lowest BCUT2D eigenvalue weighted by Crippen LogP contribution is -2.42. The zero-order chi connectivity index (χ0) is 28.5. The van der Waals surface area contributed by atoms with Crippen molar-refractivity contribution >= 4 is 44.2 Å². The fourth-order valence-electron chi connectivity index (χ4n) is 3.99. The van der Waals surface area contributed by atoms with Crippen molar-refractivity contribution in [2.45, 2.75) is 23.5 Å². The minimum absolute atomic E-state index is 0.0622. The molecule has 1 aromatic heterocycles. The Labute approximate surface area is 226 Å². The van der Waals surface area contributed by atoms with Crippen LogP contribution in [-0.2, 0) is 27.2 Å². The molecular weight excluding hydrogens is 557 g/mol. The van der Waals surface area contributed by atoms with Crippen LogP contribution in [0.5, 0.6) is 0 Å². The van der Waals surface area contributed by atoms with Gasteiger partial charge in [0, 0.05) is 23.6 Å². The molecule has 0 saturated heterocycles. The molecule has 2 N–H and O–H groups in total. The molecule has 0 unspecified atom stereocenters. The van der Waals surface area contributed by atoms with Gasteiger partial charge in [-0.25, -0.2) is 18.2 Å². The molecule has 4 rings (SSSR count). The predicted molar refractivity (Wildman–Crippen MR) is 139 cm³/mol. The van der Waals surface area contributed by atoms with E-state index in [9.17, 15) is 36.3 Å². The quantitative estimate of drug-likeness (QED) is 0.304. The third-order valence-corrected chi connectivity index (χ3v) is 7.34. The first kappa shape index (κ1) is 28.1. The van der Waals surface area contributed by atoms with E-state index in [4.69, 9.17) is 11.6 Å². The highest BCUT2D eigenvalue weighted by molar-refractivity contribution is 7.90. The summed E-state index contributed by atoms with van der Waals surface area (Å²) in [5, 5.41) is 12.5. The maximum atomic E-state index is 13.4. The summed E-state index contributed by atoms with van der Waals surface area (Å²) in [5.74, 6) is -2.12. The van der Waals surface area contributed by atoms with Gasteiger partial charge in [0.2, 0.25) is 0 Å². The van der Waals surface area contributed by atoms with Crippen molar-refractivity contribution < 1.29 is 36.3 Å². The summed E-state index contributed by atoms with van der Waals surface area (Å²) < 4.78 is 63.7. The molecule has 1 atom stereocenters. The van der Waals surface area contributed by atoms with E-state index in [1.807, 2.05) is 0 Å². The summed E-state index contributed by atoms with van der Waals surface area (Å²) in [6, 6.07) is 15.1. The molecule has 4 aromatic rings. The number of sulfone groups is 1. The van der Waals surface area contributed by atoms with Crippen LogP contribution in [0.25, 0.3) is 22.2 Å². The van der Waals surface area contributed by atoms with Crippen LogP contribution in [0.15, 0.2) is 77.7 Å². The largest absolute Gasteiger partial charge is 0.480 e. The summed E-state index contributed by atoms with van der Waals surface area (Å²) in [5.41, 5.74) is 0.107. The number of rotatable bonds is 7. The number of carbonyl (C=O) groups is 2. The van der Waals surface area contributed by atoms with Crippen molar-refractivity contribution in [3.8, 4) is 11.3 Å². The summed E-state index contributed by atoms with van der Waals surface area (Å²) in [6.07, 6.45) is -3.68. The predicted octanol–water partition coefficient (Wildman–Crippen LogP) is 5.40. The number of amides is 1. The third kappa shape index (κ3) is 6.37. The highest BCUT2D eigenvalue weighted by atomic mass is 35.5. The maximum absolute atomic E-state index is 13.4. The van der Waals surface area contributed by atoms with Crippen molar-refractivity contribution in [1.29, 1.82) is 0 Å². The fraction of sp³-hybridized carbons (Fsp3) is 0.148. The van der Waals surface area contributed by atoms with Crippen LogP contribution in [0.2, 0.25) is 5.02 Å². The summed E-state index contributed by atoms with van der Waals surface area (Å²) in [7, 11) is -3.56. The lowest BCUT2D eigenvalue weighted by Gasteiger charge is -2.16. The van der Waals surface area contributed by atoms with Gasteiger partial charge in [0.1, 0.15) is 6.04 Å². The van der Waals surface area contributed by atoms with Gasteiger partial charge in [0.25, 0.3) is 5.91 Å². The van der Waals surface area contributed by atoms with Crippen LogP contribution in [0.1, 0.15) is 21.5 Å². The fourth-order valence-corrected chi connectivity index (χ4v) is 4.97. The van der Waals surface area contributed by atoms with E-state index in [0.717, 1.165) is 18.4 Å². The molecule has 0 aliphatic rings. The number of alkyl halides is 3. The highest BCUT2D eigenvalue weighted by Crippen LogP contribution is 2.36. The Morgan fingerprint density at radius 1 is 1.03 bits per heavy atom. The second-order valence-corrected chi connectivity index (χ2v) is 11.2. The SMILES string of the molecule is CS(=O)(=O)c1ccc(C(=O)N[C@@H](Cc2ccc3nc(-c4ccccc4C(F)(F)F)ccc3c2)C(=O)O)c(Cl)c1. The molecule has 7 nitrogen and oxygen atoms in total. The molecule has 0 aliphatic heterocycles. The van der Waals surface area contributed by atoms with Crippen molar-refractivity contribution in [3.05, 3.63) is 94.5 Å². The average molecular weight is 577 g/mol. The van der Waals surface area contributed by atoms with Crippen LogP contribution >= 0.6 is 11.6 Å². The number of halogens is 4. The molecule has 202 valence electrons. The second kappa shape index (κ2) is 10.7. The van der Waals surface area contributed by atoms with Gasteiger partial charge in [-0.2, -0.15) is 13.2 Å². The molecular formula is C27H20ClF3N2O5S. The topological polar surface area (TPSA) is 113 Å². The minimum Gasteiger partial charge on any atom is -0.480 e. The number of carboxylic acid groups (broad SMARTS) is 1. The zero-order valence-corrected chi connectivity index (χ0v) is 21.7. The van der Waals surface area contributed by atoms with Crippen molar-refractivity contribution in [3.63, 3.8) is 0 Å². The Hall–Kier alpha value is -3.96. The second-order valence-electron chi connectivity index (χ2n) is 8.75. The number of nitrogens with one attached hydrogen (secondary N) is 1. The number of fused-ring (bicyclic) bond motifs is 1. The number of hydrogen-bond donors (Lipinski definition) is 2. The maximum Gasteiger partial charge on any atom is 0.417 e. The van der Waals surface area contributed by atoms with Gasteiger partial charge in [0.05, 0.1) is 32.3 Å². The van der Waals surface area contributed by atoms with Crippen LogP contribution < -0.4 is 5.32 Å². The number of nitrogens with zero attached hydrogens (tertiary/aromatic N) is 1. The van der Waals surface area contributed by atoms with Crippen LogP contribution in [0.3, 0.4) is 0 Å². The first-order valence-corrected chi connectivity index (χ1v) is 13.6. The van der Waals surface area contributed by atoms with Gasteiger partial charge >= 0.3 is 12.1 Å². The van der Waals surface area contributed by atoms with Crippen LogP contribution in [0.4, 0.5) is 13.2 Å². The van der Waals surface area contributed by atoms with E-state index in [-0.39, 0.29) is 33.2 Å². The van der Waals surface area contributed by atoms with Crippen molar-refractivity contribution in [2.24, 2.45) is 0 Å². The molecule has 0 aliphatic carbocycles. The number of benzene rings is 3.